The molecule has 0 aliphatic heterocycles. The molecule has 1 heterocycles. The topological polar surface area (TPSA) is 37.0 Å². The third-order valence-electron chi connectivity index (χ3n) is 4.38. The van der Waals surface area contributed by atoms with Crippen molar-refractivity contribution in [3.63, 3.8) is 0 Å². The minimum Gasteiger partial charge on any atom is -0.487 e. The Hall–Kier alpha value is -2.32. The molecule has 0 aliphatic rings. The summed E-state index contributed by atoms with van der Waals surface area (Å²) in [6.07, 6.45) is -1.43. The van der Waals surface area contributed by atoms with Gasteiger partial charge in [0.15, 0.2) is 12.4 Å². The number of rotatable bonds is 9. The van der Waals surface area contributed by atoms with Crippen LogP contribution in [0.5, 0.6) is 5.75 Å². The number of hydrogen-bond acceptors (Lipinski definition) is 2. The molecule has 0 atom stereocenters. The normalized spacial score (nSPS) is 12.1. The number of ether oxygens (including phenoxy) is 1. The second-order valence-corrected chi connectivity index (χ2v) is 6.93. The Labute approximate surface area is 168 Å². The van der Waals surface area contributed by atoms with Gasteiger partial charge >= 0.3 is 12.3 Å². The van der Waals surface area contributed by atoms with Gasteiger partial charge in [0.25, 0.3) is 0 Å². The lowest BCUT2D eigenvalue weighted by atomic mass is 10.1. The molecular formula is C20H18ClF5N2O. The zero-order valence-electron chi connectivity index (χ0n) is 15.1. The van der Waals surface area contributed by atoms with Crippen molar-refractivity contribution in [3.05, 3.63) is 64.6 Å². The SMILES string of the molecule is Fc1c(Cl)ccc2c(CCNCc3cccc(OCC(F)(F)C(F)F)c3)c[nH]c12. The molecule has 0 fully saturated rings. The summed E-state index contributed by atoms with van der Waals surface area (Å²) in [5.41, 5.74) is 2.03. The molecule has 0 aliphatic carbocycles. The van der Waals surface area contributed by atoms with Crippen molar-refractivity contribution in [2.75, 3.05) is 13.2 Å². The molecule has 0 spiro atoms. The number of fused-ring (bicyclic) bond motifs is 1. The molecule has 2 N–H and O–H groups in total. The summed E-state index contributed by atoms with van der Waals surface area (Å²) in [4.78, 5) is 2.88. The van der Waals surface area contributed by atoms with Gasteiger partial charge in [-0.3, -0.25) is 0 Å². The molecule has 0 saturated carbocycles. The molecule has 3 nitrogen and oxygen atoms in total. The van der Waals surface area contributed by atoms with Gasteiger partial charge in [-0.2, -0.15) is 8.78 Å². The standard InChI is InChI=1S/C20H18ClF5N2O/c21-16-5-4-15-13(10-28-18(15)17(16)22)6-7-27-9-12-2-1-3-14(8-12)29-11-20(25,26)19(23)24/h1-5,8,10,19,27-28H,6-7,9,11H2. The first-order valence-electron chi connectivity index (χ1n) is 8.80. The van der Waals surface area contributed by atoms with Crippen LogP contribution in [0.1, 0.15) is 11.1 Å². The summed E-state index contributed by atoms with van der Waals surface area (Å²) >= 11 is 5.77. The van der Waals surface area contributed by atoms with E-state index in [0.717, 1.165) is 16.5 Å². The van der Waals surface area contributed by atoms with Crippen molar-refractivity contribution in [2.24, 2.45) is 0 Å². The number of halogens is 6. The third kappa shape index (κ3) is 5.19. The summed E-state index contributed by atoms with van der Waals surface area (Å²) in [6, 6.07) is 9.55. The molecule has 0 unspecified atom stereocenters. The molecular weight excluding hydrogens is 415 g/mol. The monoisotopic (exact) mass is 432 g/mol. The number of aromatic amines is 1. The molecule has 0 bridgehead atoms. The van der Waals surface area contributed by atoms with E-state index in [4.69, 9.17) is 16.3 Å². The van der Waals surface area contributed by atoms with Gasteiger partial charge < -0.3 is 15.0 Å². The van der Waals surface area contributed by atoms with Crippen LogP contribution in [0.4, 0.5) is 22.0 Å². The van der Waals surface area contributed by atoms with Crippen LogP contribution in [-0.2, 0) is 13.0 Å². The molecule has 0 radical (unpaired) electrons. The predicted octanol–water partition coefficient (Wildman–Crippen LogP) is 5.57. The van der Waals surface area contributed by atoms with Crippen molar-refractivity contribution in [2.45, 2.75) is 25.3 Å². The summed E-state index contributed by atoms with van der Waals surface area (Å²) < 4.78 is 69.0. The van der Waals surface area contributed by atoms with Crippen molar-refractivity contribution in [1.82, 2.24) is 10.3 Å². The average molecular weight is 433 g/mol. The maximum absolute atomic E-state index is 14.0. The van der Waals surface area contributed by atoms with Crippen molar-refractivity contribution in [1.29, 1.82) is 0 Å². The maximum atomic E-state index is 14.0. The number of nitrogens with one attached hydrogen (secondary N) is 2. The van der Waals surface area contributed by atoms with Crippen LogP contribution >= 0.6 is 11.6 Å². The Kier molecular flexibility index (Phi) is 6.64. The molecule has 0 amide bonds. The van der Waals surface area contributed by atoms with Crippen LogP contribution < -0.4 is 10.1 Å². The number of alkyl halides is 4. The van der Waals surface area contributed by atoms with Crippen molar-refractivity contribution >= 4 is 22.5 Å². The van der Waals surface area contributed by atoms with E-state index in [2.05, 4.69) is 10.3 Å². The zero-order valence-corrected chi connectivity index (χ0v) is 15.9. The summed E-state index contributed by atoms with van der Waals surface area (Å²) in [6.45, 7) is -0.389. The fraction of sp³-hybridized carbons (Fsp3) is 0.300. The molecule has 9 heteroatoms. The van der Waals surface area contributed by atoms with E-state index in [1.54, 1.807) is 24.4 Å². The largest absolute Gasteiger partial charge is 0.487 e. The van der Waals surface area contributed by atoms with E-state index in [1.165, 1.54) is 18.2 Å². The van der Waals surface area contributed by atoms with E-state index in [1.807, 2.05) is 0 Å². The van der Waals surface area contributed by atoms with Crippen LogP contribution in [0.15, 0.2) is 42.6 Å². The summed E-state index contributed by atoms with van der Waals surface area (Å²) in [5, 5.41) is 4.00. The first kappa shape index (κ1) is 21.4. The first-order valence-corrected chi connectivity index (χ1v) is 9.18. The Morgan fingerprint density at radius 3 is 2.72 bits per heavy atom. The van der Waals surface area contributed by atoms with Gasteiger partial charge in [0.1, 0.15) is 5.75 Å². The fourth-order valence-corrected chi connectivity index (χ4v) is 3.00. The summed E-state index contributed by atoms with van der Waals surface area (Å²) in [5.74, 6) is -4.59. The highest BCUT2D eigenvalue weighted by Gasteiger charge is 2.41. The van der Waals surface area contributed by atoms with E-state index in [-0.39, 0.29) is 10.8 Å². The van der Waals surface area contributed by atoms with Crippen LogP contribution in [0.25, 0.3) is 10.9 Å². The van der Waals surface area contributed by atoms with Gasteiger partial charge in [-0.05, 0) is 42.3 Å². The Morgan fingerprint density at radius 2 is 1.97 bits per heavy atom. The highest BCUT2D eigenvalue weighted by Crippen LogP contribution is 2.27. The summed E-state index contributed by atoms with van der Waals surface area (Å²) in [7, 11) is 0. The van der Waals surface area contributed by atoms with Crippen molar-refractivity contribution in [3.8, 4) is 5.75 Å². The third-order valence-corrected chi connectivity index (χ3v) is 4.67. The molecule has 1 aromatic heterocycles. The minimum atomic E-state index is -4.20. The Balaban J connectivity index is 1.52. The minimum absolute atomic E-state index is 0.0532. The second kappa shape index (κ2) is 9.00. The van der Waals surface area contributed by atoms with Crippen LogP contribution in [0.2, 0.25) is 5.02 Å². The first-order chi connectivity index (χ1) is 13.8. The van der Waals surface area contributed by atoms with Crippen LogP contribution in [-0.4, -0.2) is 30.5 Å². The number of H-pyrrole nitrogens is 1. The fourth-order valence-electron chi connectivity index (χ4n) is 2.85. The van der Waals surface area contributed by atoms with Crippen LogP contribution in [0, 0.1) is 5.82 Å². The van der Waals surface area contributed by atoms with E-state index < -0.39 is 24.8 Å². The molecule has 0 saturated heterocycles. The predicted molar refractivity (Wildman–Crippen MR) is 102 cm³/mol. The lowest BCUT2D eigenvalue weighted by molar-refractivity contribution is -0.148. The smallest absolute Gasteiger partial charge is 0.340 e. The highest BCUT2D eigenvalue weighted by molar-refractivity contribution is 6.31. The molecule has 3 rings (SSSR count). The van der Waals surface area contributed by atoms with Gasteiger partial charge in [-0.1, -0.05) is 29.8 Å². The zero-order chi connectivity index (χ0) is 21.0. The molecule has 3 aromatic rings. The number of hydrogen-bond donors (Lipinski definition) is 2. The van der Waals surface area contributed by atoms with E-state index >= 15 is 0 Å². The molecule has 29 heavy (non-hydrogen) atoms. The van der Waals surface area contributed by atoms with Crippen molar-refractivity contribution < 1.29 is 26.7 Å². The highest BCUT2D eigenvalue weighted by atomic mass is 35.5. The van der Waals surface area contributed by atoms with Crippen LogP contribution in [0.3, 0.4) is 0 Å². The van der Waals surface area contributed by atoms with Gasteiger partial charge in [0.05, 0.1) is 10.5 Å². The lowest BCUT2D eigenvalue weighted by Gasteiger charge is -2.16. The van der Waals surface area contributed by atoms with E-state index in [0.29, 0.717) is 25.0 Å². The van der Waals surface area contributed by atoms with Gasteiger partial charge in [0.2, 0.25) is 0 Å². The number of aromatic nitrogens is 1. The maximum Gasteiger partial charge on any atom is 0.340 e. The molecule has 2 aromatic carbocycles. The Morgan fingerprint density at radius 1 is 1.17 bits per heavy atom. The Bertz CT molecular complexity index is 977. The molecule has 156 valence electrons. The lowest BCUT2D eigenvalue weighted by Crippen LogP contribution is -2.33. The second-order valence-electron chi connectivity index (χ2n) is 6.52. The van der Waals surface area contributed by atoms with Gasteiger partial charge in [-0.25, -0.2) is 13.2 Å². The van der Waals surface area contributed by atoms with Gasteiger partial charge in [0, 0.05) is 18.1 Å². The number of benzene rings is 2. The van der Waals surface area contributed by atoms with E-state index in [9.17, 15) is 22.0 Å². The van der Waals surface area contributed by atoms with Gasteiger partial charge in [-0.15, -0.1) is 0 Å². The quantitative estimate of drug-likeness (QED) is 0.342. The average Bonchev–Trinajstić information content (AvgIpc) is 3.10.